The third kappa shape index (κ3) is 4.79. The van der Waals surface area contributed by atoms with Gasteiger partial charge in [-0.25, -0.2) is 4.98 Å². The van der Waals surface area contributed by atoms with Gasteiger partial charge in [0, 0.05) is 17.4 Å². The first-order chi connectivity index (χ1) is 13.0. The van der Waals surface area contributed by atoms with Crippen molar-refractivity contribution < 1.29 is 9.59 Å². The minimum atomic E-state index is -0.170. The van der Waals surface area contributed by atoms with Crippen LogP contribution in [0.15, 0.2) is 72.9 Å². The molecule has 0 bridgehead atoms. The second-order valence-corrected chi connectivity index (χ2v) is 6.30. The number of hydrogen-bond donors (Lipinski definition) is 2. The SMILES string of the molecule is CC(=O)c1ccc(Nc2ccc(C(=O)NC(C)c3ccccc3)cn2)cc1. The first-order valence-corrected chi connectivity index (χ1v) is 8.73. The van der Waals surface area contributed by atoms with Gasteiger partial charge in [-0.05, 0) is 55.8 Å². The number of aromatic nitrogens is 1. The van der Waals surface area contributed by atoms with Crippen LogP contribution in [0.25, 0.3) is 0 Å². The van der Waals surface area contributed by atoms with Crippen LogP contribution >= 0.6 is 0 Å². The smallest absolute Gasteiger partial charge is 0.253 e. The number of ketones is 1. The number of rotatable bonds is 6. The molecule has 0 aliphatic rings. The number of anilines is 2. The Morgan fingerprint density at radius 1 is 0.889 bits per heavy atom. The van der Waals surface area contributed by atoms with Crippen molar-refractivity contribution in [2.75, 3.05) is 5.32 Å². The molecule has 1 unspecified atom stereocenters. The van der Waals surface area contributed by atoms with Gasteiger partial charge in [-0.3, -0.25) is 9.59 Å². The van der Waals surface area contributed by atoms with E-state index in [1.807, 2.05) is 49.4 Å². The fourth-order valence-corrected chi connectivity index (χ4v) is 2.64. The molecule has 2 N–H and O–H groups in total. The number of Topliss-reactive ketones (excluding diaryl/α,β-unsaturated/α-hetero) is 1. The van der Waals surface area contributed by atoms with Crippen LogP contribution < -0.4 is 10.6 Å². The maximum atomic E-state index is 12.4. The molecule has 0 saturated carbocycles. The van der Waals surface area contributed by atoms with E-state index in [1.54, 1.807) is 30.5 Å². The first-order valence-electron chi connectivity index (χ1n) is 8.73. The third-order valence-electron chi connectivity index (χ3n) is 4.24. The van der Waals surface area contributed by atoms with Gasteiger partial charge in [0.1, 0.15) is 5.82 Å². The van der Waals surface area contributed by atoms with Crippen LogP contribution in [0.3, 0.4) is 0 Å². The van der Waals surface area contributed by atoms with Crippen molar-refractivity contribution in [3.63, 3.8) is 0 Å². The number of benzene rings is 2. The van der Waals surface area contributed by atoms with Gasteiger partial charge in [0.2, 0.25) is 0 Å². The molecule has 0 aliphatic carbocycles. The van der Waals surface area contributed by atoms with Crippen LogP contribution in [0.5, 0.6) is 0 Å². The zero-order valence-electron chi connectivity index (χ0n) is 15.3. The monoisotopic (exact) mass is 359 g/mol. The van der Waals surface area contributed by atoms with Gasteiger partial charge in [-0.2, -0.15) is 0 Å². The van der Waals surface area contributed by atoms with Crippen molar-refractivity contribution >= 4 is 23.2 Å². The van der Waals surface area contributed by atoms with Crippen molar-refractivity contribution in [2.24, 2.45) is 0 Å². The van der Waals surface area contributed by atoms with Gasteiger partial charge in [0.25, 0.3) is 5.91 Å². The number of amides is 1. The topological polar surface area (TPSA) is 71.1 Å². The summed E-state index contributed by atoms with van der Waals surface area (Å²) >= 11 is 0. The van der Waals surface area contributed by atoms with Crippen molar-refractivity contribution in [1.82, 2.24) is 10.3 Å². The summed E-state index contributed by atoms with van der Waals surface area (Å²) < 4.78 is 0. The fraction of sp³-hybridized carbons (Fsp3) is 0.136. The van der Waals surface area contributed by atoms with E-state index < -0.39 is 0 Å². The normalized spacial score (nSPS) is 11.5. The summed E-state index contributed by atoms with van der Waals surface area (Å²) in [5, 5.41) is 6.12. The molecule has 0 fully saturated rings. The molecule has 5 heteroatoms. The van der Waals surface area contributed by atoms with Crippen molar-refractivity contribution in [3.05, 3.63) is 89.6 Å². The molecule has 5 nitrogen and oxygen atoms in total. The van der Waals surface area contributed by atoms with E-state index in [0.717, 1.165) is 11.3 Å². The first kappa shape index (κ1) is 18.3. The largest absolute Gasteiger partial charge is 0.345 e. The number of carbonyl (C=O) groups is 2. The predicted molar refractivity (Wildman–Crippen MR) is 106 cm³/mol. The van der Waals surface area contributed by atoms with Crippen molar-refractivity contribution in [3.8, 4) is 0 Å². The fourth-order valence-electron chi connectivity index (χ4n) is 2.64. The number of carbonyl (C=O) groups excluding carboxylic acids is 2. The van der Waals surface area contributed by atoms with E-state index in [9.17, 15) is 9.59 Å². The van der Waals surface area contributed by atoms with Crippen LogP contribution in [0, 0.1) is 0 Å². The third-order valence-corrected chi connectivity index (χ3v) is 4.24. The molecule has 0 spiro atoms. The summed E-state index contributed by atoms with van der Waals surface area (Å²) in [4.78, 5) is 28.0. The predicted octanol–water partition coefficient (Wildman–Crippen LogP) is 4.52. The molecule has 1 heterocycles. The van der Waals surface area contributed by atoms with Crippen LogP contribution in [-0.4, -0.2) is 16.7 Å². The highest BCUT2D eigenvalue weighted by Gasteiger charge is 2.11. The summed E-state index contributed by atoms with van der Waals surface area (Å²) in [7, 11) is 0. The van der Waals surface area contributed by atoms with Gasteiger partial charge in [0.05, 0.1) is 11.6 Å². The Hall–Kier alpha value is -3.47. The van der Waals surface area contributed by atoms with E-state index in [4.69, 9.17) is 0 Å². The highest BCUT2D eigenvalue weighted by Crippen LogP contribution is 2.17. The second-order valence-electron chi connectivity index (χ2n) is 6.30. The average Bonchev–Trinajstić information content (AvgIpc) is 2.69. The molecular weight excluding hydrogens is 338 g/mol. The summed E-state index contributed by atoms with van der Waals surface area (Å²) in [6, 6.07) is 20.4. The molecule has 2 aromatic carbocycles. The molecule has 3 rings (SSSR count). The Kier molecular flexibility index (Phi) is 5.61. The Labute approximate surface area is 158 Å². The molecule has 0 radical (unpaired) electrons. The Bertz CT molecular complexity index is 920. The number of pyridine rings is 1. The van der Waals surface area contributed by atoms with Crippen LogP contribution in [-0.2, 0) is 0 Å². The lowest BCUT2D eigenvalue weighted by atomic mass is 10.1. The highest BCUT2D eigenvalue weighted by atomic mass is 16.1. The number of nitrogens with one attached hydrogen (secondary N) is 2. The summed E-state index contributed by atoms with van der Waals surface area (Å²) in [5.74, 6) is 0.481. The van der Waals surface area contributed by atoms with Gasteiger partial charge in [-0.1, -0.05) is 30.3 Å². The van der Waals surface area contributed by atoms with E-state index in [-0.39, 0.29) is 17.7 Å². The number of nitrogens with zero attached hydrogens (tertiary/aromatic N) is 1. The van der Waals surface area contributed by atoms with Gasteiger partial charge < -0.3 is 10.6 Å². The molecule has 1 aromatic heterocycles. The molecule has 136 valence electrons. The Balaban J connectivity index is 1.62. The molecule has 1 atom stereocenters. The zero-order valence-corrected chi connectivity index (χ0v) is 15.3. The van der Waals surface area contributed by atoms with Crippen LogP contribution in [0.1, 0.15) is 46.2 Å². The average molecular weight is 359 g/mol. The maximum absolute atomic E-state index is 12.4. The maximum Gasteiger partial charge on any atom is 0.253 e. The van der Waals surface area contributed by atoms with Crippen molar-refractivity contribution in [2.45, 2.75) is 19.9 Å². The minimum Gasteiger partial charge on any atom is -0.345 e. The lowest BCUT2D eigenvalue weighted by molar-refractivity contribution is 0.0938. The molecule has 1 amide bonds. The van der Waals surface area contributed by atoms with E-state index in [0.29, 0.717) is 16.9 Å². The summed E-state index contributed by atoms with van der Waals surface area (Å²) in [5.41, 5.74) is 3.02. The van der Waals surface area contributed by atoms with Crippen molar-refractivity contribution in [1.29, 1.82) is 0 Å². The van der Waals surface area contributed by atoms with E-state index >= 15 is 0 Å². The minimum absolute atomic E-state index is 0.0276. The van der Waals surface area contributed by atoms with Gasteiger partial charge in [0.15, 0.2) is 5.78 Å². The molecule has 0 saturated heterocycles. The quantitative estimate of drug-likeness (QED) is 0.635. The molecular formula is C22H21N3O2. The van der Waals surface area contributed by atoms with Crippen LogP contribution in [0.2, 0.25) is 0 Å². The Morgan fingerprint density at radius 2 is 1.56 bits per heavy atom. The van der Waals surface area contributed by atoms with Gasteiger partial charge >= 0.3 is 0 Å². The lowest BCUT2D eigenvalue weighted by Crippen LogP contribution is -2.26. The Morgan fingerprint density at radius 3 is 2.15 bits per heavy atom. The second kappa shape index (κ2) is 8.27. The van der Waals surface area contributed by atoms with E-state index in [1.165, 1.54) is 6.92 Å². The summed E-state index contributed by atoms with van der Waals surface area (Å²) in [6.45, 7) is 3.48. The molecule has 27 heavy (non-hydrogen) atoms. The van der Waals surface area contributed by atoms with Crippen LogP contribution in [0.4, 0.5) is 11.5 Å². The zero-order chi connectivity index (χ0) is 19.2. The van der Waals surface area contributed by atoms with Gasteiger partial charge in [-0.15, -0.1) is 0 Å². The molecule has 3 aromatic rings. The van der Waals surface area contributed by atoms with E-state index in [2.05, 4.69) is 15.6 Å². The number of hydrogen-bond acceptors (Lipinski definition) is 4. The lowest BCUT2D eigenvalue weighted by Gasteiger charge is -2.14. The highest BCUT2D eigenvalue weighted by molar-refractivity contribution is 5.95. The molecule has 0 aliphatic heterocycles. The standard InChI is InChI=1S/C22H21N3O2/c1-15(17-6-4-3-5-7-17)24-22(27)19-10-13-21(23-14-19)25-20-11-8-18(9-12-20)16(2)26/h3-15H,1-2H3,(H,23,25)(H,24,27). The summed E-state index contributed by atoms with van der Waals surface area (Å²) in [6.07, 6.45) is 1.54.